The number of carbonyl (C=O) groups is 1. The van der Waals surface area contributed by atoms with E-state index in [9.17, 15) is 4.79 Å². The Hall–Kier alpha value is -2.33. The van der Waals surface area contributed by atoms with Gasteiger partial charge in [-0.1, -0.05) is 36.4 Å². The molecule has 0 aliphatic carbocycles. The molecule has 0 spiro atoms. The van der Waals surface area contributed by atoms with Crippen molar-refractivity contribution in [1.29, 1.82) is 0 Å². The highest BCUT2D eigenvalue weighted by molar-refractivity contribution is 5.98. The summed E-state index contributed by atoms with van der Waals surface area (Å²) in [5.41, 5.74) is 12.4. The highest BCUT2D eigenvalue weighted by atomic mass is 16.2. The molecule has 0 bridgehead atoms. The number of nitrogens with zero attached hydrogens (tertiary/aromatic N) is 1. The van der Waals surface area contributed by atoms with Crippen molar-refractivity contribution < 1.29 is 4.79 Å². The predicted octanol–water partition coefficient (Wildman–Crippen LogP) is 1.93. The minimum atomic E-state index is -0.0902. The van der Waals surface area contributed by atoms with Crippen molar-refractivity contribution in [3.63, 3.8) is 0 Å². The number of benzene rings is 2. The summed E-state index contributed by atoms with van der Waals surface area (Å²) in [6, 6.07) is 15.3. The summed E-state index contributed by atoms with van der Waals surface area (Å²) in [5.74, 6) is -0.0902. The first kappa shape index (κ1) is 11.7. The first-order valence-electron chi connectivity index (χ1n) is 6.22. The Bertz CT molecular complexity index is 624. The molecule has 1 aliphatic rings. The molecular formula is C15H15N3O. The van der Waals surface area contributed by atoms with Gasteiger partial charge in [0, 0.05) is 12.2 Å². The quantitative estimate of drug-likeness (QED) is 0.763. The fourth-order valence-electron chi connectivity index (χ4n) is 2.27. The van der Waals surface area contributed by atoms with Gasteiger partial charge in [-0.15, -0.1) is 0 Å². The first-order chi connectivity index (χ1) is 9.25. The van der Waals surface area contributed by atoms with E-state index in [0.29, 0.717) is 24.3 Å². The number of nitrogens with two attached hydrogens (primary N) is 1. The number of rotatable bonds is 1. The van der Waals surface area contributed by atoms with Gasteiger partial charge >= 0.3 is 0 Å². The van der Waals surface area contributed by atoms with Crippen LogP contribution in [0.2, 0.25) is 0 Å². The molecule has 0 radical (unpaired) electrons. The van der Waals surface area contributed by atoms with Crippen molar-refractivity contribution in [2.45, 2.75) is 13.1 Å². The summed E-state index contributed by atoms with van der Waals surface area (Å²) in [4.78, 5) is 12.4. The van der Waals surface area contributed by atoms with Gasteiger partial charge in [-0.2, -0.15) is 0 Å². The molecule has 0 saturated carbocycles. The number of anilines is 1. The molecule has 2 aromatic carbocycles. The van der Waals surface area contributed by atoms with Gasteiger partial charge in [-0.25, -0.2) is 5.43 Å². The Labute approximate surface area is 111 Å². The number of hydrogen-bond acceptors (Lipinski definition) is 3. The molecule has 4 nitrogen and oxygen atoms in total. The molecule has 19 heavy (non-hydrogen) atoms. The normalized spacial score (nSPS) is 14.0. The van der Waals surface area contributed by atoms with Crippen LogP contribution in [0.4, 0.5) is 5.69 Å². The third-order valence-corrected chi connectivity index (χ3v) is 3.34. The number of amides is 1. The van der Waals surface area contributed by atoms with E-state index in [1.165, 1.54) is 11.1 Å². The monoisotopic (exact) mass is 253 g/mol. The van der Waals surface area contributed by atoms with E-state index in [1.807, 2.05) is 30.3 Å². The summed E-state index contributed by atoms with van der Waals surface area (Å²) in [5, 5.41) is 1.62. The molecule has 96 valence electrons. The molecule has 0 unspecified atom stereocenters. The standard InChI is InChI=1S/C15H15N3O/c16-14-8-4-3-7-13(14)15(19)18-10-12-6-2-1-5-11(12)9-17-18/h1-8,17H,9-10,16H2. The Balaban J connectivity index is 1.86. The minimum Gasteiger partial charge on any atom is -0.398 e. The van der Waals surface area contributed by atoms with Crippen LogP contribution in [0.1, 0.15) is 21.5 Å². The number of fused-ring (bicyclic) bond motifs is 1. The summed E-state index contributed by atoms with van der Waals surface area (Å²) in [6.07, 6.45) is 0. The van der Waals surface area contributed by atoms with E-state index in [4.69, 9.17) is 5.73 Å². The number of nitrogen functional groups attached to an aromatic ring is 1. The summed E-state index contributed by atoms with van der Waals surface area (Å²) in [6.45, 7) is 1.22. The number of hydrazine groups is 1. The zero-order valence-electron chi connectivity index (χ0n) is 10.5. The van der Waals surface area contributed by atoms with Crippen molar-refractivity contribution in [3.05, 3.63) is 65.2 Å². The van der Waals surface area contributed by atoms with Gasteiger partial charge < -0.3 is 5.73 Å². The average Bonchev–Trinajstić information content (AvgIpc) is 2.46. The molecule has 3 N–H and O–H groups in total. The van der Waals surface area contributed by atoms with Gasteiger partial charge in [0.05, 0.1) is 12.1 Å². The van der Waals surface area contributed by atoms with Crippen LogP contribution in [0.5, 0.6) is 0 Å². The third kappa shape index (κ3) is 2.18. The highest BCUT2D eigenvalue weighted by Crippen LogP contribution is 2.19. The number of hydrogen-bond donors (Lipinski definition) is 2. The third-order valence-electron chi connectivity index (χ3n) is 3.34. The van der Waals surface area contributed by atoms with Crippen LogP contribution in [0.15, 0.2) is 48.5 Å². The fourth-order valence-corrected chi connectivity index (χ4v) is 2.27. The predicted molar refractivity (Wildman–Crippen MR) is 74.0 cm³/mol. The zero-order valence-corrected chi connectivity index (χ0v) is 10.5. The lowest BCUT2D eigenvalue weighted by Gasteiger charge is -2.30. The maximum absolute atomic E-state index is 12.4. The van der Waals surface area contributed by atoms with E-state index in [-0.39, 0.29) is 5.91 Å². The van der Waals surface area contributed by atoms with E-state index >= 15 is 0 Å². The number of para-hydroxylation sites is 1. The van der Waals surface area contributed by atoms with Crippen molar-refractivity contribution in [1.82, 2.24) is 10.4 Å². The topological polar surface area (TPSA) is 58.4 Å². The average molecular weight is 253 g/mol. The van der Waals surface area contributed by atoms with Crippen LogP contribution in [-0.2, 0) is 13.1 Å². The molecule has 4 heteroatoms. The van der Waals surface area contributed by atoms with E-state index in [2.05, 4.69) is 11.5 Å². The van der Waals surface area contributed by atoms with Crippen molar-refractivity contribution in [3.8, 4) is 0 Å². The second-order valence-electron chi connectivity index (χ2n) is 4.58. The molecule has 3 rings (SSSR count). The fraction of sp³-hybridized carbons (Fsp3) is 0.133. The Morgan fingerprint density at radius 1 is 1.05 bits per heavy atom. The summed E-state index contributed by atoms with van der Waals surface area (Å²) < 4.78 is 0. The second kappa shape index (κ2) is 4.74. The van der Waals surface area contributed by atoms with Crippen LogP contribution < -0.4 is 11.2 Å². The highest BCUT2D eigenvalue weighted by Gasteiger charge is 2.22. The van der Waals surface area contributed by atoms with Crippen LogP contribution >= 0.6 is 0 Å². The summed E-state index contributed by atoms with van der Waals surface area (Å²) in [7, 11) is 0. The molecule has 0 saturated heterocycles. The maximum atomic E-state index is 12.4. The Morgan fingerprint density at radius 2 is 1.74 bits per heavy atom. The zero-order chi connectivity index (χ0) is 13.2. The van der Waals surface area contributed by atoms with Gasteiger partial charge in [-0.05, 0) is 23.3 Å². The molecule has 1 amide bonds. The SMILES string of the molecule is Nc1ccccc1C(=O)N1Cc2ccccc2CN1. The van der Waals surface area contributed by atoms with Gasteiger partial charge in [0.15, 0.2) is 0 Å². The molecule has 0 aromatic heterocycles. The molecule has 2 aromatic rings. The van der Waals surface area contributed by atoms with E-state index < -0.39 is 0 Å². The molecular weight excluding hydrogens is 238 g/mol. The van der Waals surface area contributed by atoms with Crippen LogP contribution in [0.25, 0.3) is 0 Å². The molecule has 1 heterocycles. The Morgan fingerprint density at radius 3 is 2.53 bits per heavy atom. The molecule has 0 fully saturated rings. The minimum absolute atomic E-state index is 0.0902. The van der Waals surface area contributed by atoms with Crippen LogP contribution in [0, 0.1) is 0 Å². The van der Waals surface area contributed by atoms with Gasteiger partial charge in [-0.3, -0.25) is 9.80 Å². The van der Waals surface area contributed by atoms with Crippen molar-refractivity contribution in [2.75, 3.05) is 5.73 Å². The Kier molecular flexibility index (Phi) is 2.93. The lowest BCUT2D eigenvalue weighted by Crippen LogP contribution is -2.45. The van der Waals surface area contributed by atoms with E-state index in [1.54, 1.807) is 17.1 Å². The lowest BCUT2D eigenvalue weighted by atomic mass is 10.1. The van der Waals surface area contributed by atoms with Crippen LogP contribution in [0.3, 0.4) is 0 Å². The number of carbonyl (C=O) groups excluding carboxylic acids is 1. The van der Waals surface area contributed by atoms with Gasteiger partial charge in [0.25, 0.3) is 5.91 Å². The van der Waals surface area contributed by atoms with E-state index in [0.717, 1.165) is 0 Å². The molecule has 1 aliphatic heterocycles. The van der Waals surface area contributed by atoms with Crippen LogP contribution in [-0.4, -0.2) is 10.9 Å². The maximum Gasteiger partial charge on any atom is 0.270 e. The smallest absolute Gasteiger partial charge is 0.270 e. The summed E-state index contributed by atoms with van der Waals surface area (Å²) >= 11 is 0. The van der Waals surface area contributed by atoms with Crippen molar-refractivity contribution in [2.24, 2.45) is 0 Å². The van der Waals surface area contributed by atoms with Crippen molar-refractivity contribution >= 4 is 11.6 Å². The van der Waals surface area contributed by atoms with Gasteiger partial charge in [0.1, 0.15) is 0 Å². The lowest BCUT2D eigenvalue weighted by molar-refractivity contribution is 0.0613. The van der Waals surface area contributed by atoms with Gasteiger partial charge in [0.2, 0.25) is 0 Å². The number of nitrogens with one attached hydrogen (secondary N) is 1. The molecule has 0 atom stereocenters. The first-order valence-corrected chi connectivity index (χ1v) is 6.22. The second-order valence-corrected chi connectivity index (χ2v) is 4.58. The largest absolute Gasteiger partial charge is 0.398 e.